The Kier molecular flexibility index (Phi) is 11.5. The third kappa shape index (κ3) is 8.52. The number of amides is 2. The van der Waals surface area contributed by atoms with Gasteiger partial charge in [0.25, 0.3) is 0 Å². The van der Waals surface area contributed by atoms with E-state index in [9.17, 15) is 9.59 Å². The highest BCUT2D eigenvalue weighted by Gasteiger charge is 2.35. The smallest absolute Gasteiger partial charge is 0.248 e. The van der Waals surface area contributed by atoms with Gasteiger partial charge in [-0.15, -0.1) is 0 Å². The van der Waals surface area contributed by atoms with Crippen LogP contribution in [0.1, 0.15) is 68.7 Å². The van der Waals surface area contributed by atoms with Crippen LogP contribution in [0.15, 0.2) is 84.9 Å². The Bertz CT molecular complexity index is 1130. The molecule has 3 rings (SSSR count). The molecule has 1 saturated carbocycles. The summed E-state index contributed by atoms with van der Waals surface area (Å²) in [6.45, 7) is 10.6. The molecular weight excluding hydrogens is 472 g/mol. The molecule has 38 heavy (non-hydrogen) atoms. The van der Waals surface area contributed by atoms with Gasteiger partial charge in [-0.2, -0.15) is 0 Å². The van der Waals surface area contributed by atoms with Crippen molar-refractivity contribution in [2.75, 3.05) is 13.1 Å². The lowest BCUT2D eigenvalue weighted by atomic mass is 9.93. The van der Waals surface area contributed by atoms with E-state index in [1.165, 1.54) is 6.42 Å². The quantitative estimate of drug-likeness (QED) is 0.287. The Morgan fingerprint density at radius 3 is 2.58 bits per heavy atom. The number of carbonyl (C=O) groups excluding carboxylic acids is 2. The van der Waals surface area contributed by atoms with Gasteiger partial charge in [0.05, 0.1) is 6.54 Å². The highest BCUT2D eigenvalue weighted by atomic mass is 16.2. The number of rotatable bonds is 12. The zero-order chi connectivity index (χ0) is 27.3. The van der Waals surface area contributed by atoms with E-state index in [-0.39, 0.29) is 24.4 Å². The highest BCUT2D eigenvalue weighted by molar-refractivity contribution is 5.91. The summed E-state index contributed by atoms with van der Waals surface area (Å²) in [5.74, 6) is -0.319. The van der Waals surface area contributed by atoms with Crippen LogP contribution < -0.4 is 10.6 Å². The first kappa shape index (κ1) is 29.1. The maximum absolute atomic E-state index is 14.0. The van der Waals surface area contributed by atoms with E-state index in [2.05, 4.69) is 22.2 Å². The Hall–Kier alpha value is -3.51. The molecule has 0 bridgehead atoms. The summed E-state index contributed by atoms with van der Waals surface area (Å²) in [6.07, 6.45) is 15.3. The normalized spacial score (nSPS) is 15.3. The molecule has 202 valence electrons. The number of hydrogen-bond donors (Lipinski definition) is 2. The number of nitrogens with one attached hydrogen (secondary N) is 2. The molecule has 2 N–H and O–H groups in total. The maximum atomic E-state index is 14.0. The first-order valence-corrected chi connectivity index (χ1v) is 13.7. The number of benzene rings is 1. The van der Waals surface area contributed by atoms with E-state index in [4.69, 9.17) is 0 Å². The average molecular weight is 515 g/mol. The van der Waals surface area contributed by atoms with Crippen LogP contribution in [0.2, 0.25) is 0 Å². The van der Waals surface area contributed by atoms with Gasteiger partial charge in [-0.1, -0.05) is 67.8 Å². The summed E-state index contributed by atoms with van der Waals surface area (Å²) in [7, 11) is 0. The van der Waals surface area contributed by atoms with Crippen molar-refractivity contribution < 1.29 is 9.59 Å². The molecule has 0 spiro atoms. The molecule has 1 aliphatic carbocycles. The first-order chi connectivity index (χ1) is 18.4. The topological polar surface area (TPSA) is 74.3 Å². The van der Waals surface area contributed by atoms with Gasteiger partial charge in [0.2, 0.25) is 11.8 Å². The molecular formula is C32H42N4O2. The van der Waals surface area contributed by atoms with Crippen LogP contribution in [0.3, 0.4) is 0 Å². The number of allylic oxidation sites excluding steroid dienone is 4. The van der Waals surface area contributed by atoms with Crippen molar-refractivity contribution >= 4 is 11.8 Å². The molecule has 1 aromatic carbocycles. The summed E-state index contributed by atoms with van der Waals surface area (Å²) >= 11 is 0. The predicted molar refractivity (Wildman–Crippen MR) is 154 cm³/mol. The van der Waals surface area contributed by atoms with E-state index in [1.54, 1.807) is 11.1 Å². The van der Waals surface area contributed by atoms with Gasteiger partial charge in [0, 0.05) is 24.1 Å². The van der Waals surface area contributed by atoms with Crippen LogP contribution in [0.4, 0.5) is 0 Å². The average Bonchev–Trinajstić information content (AvgIpc) is 2.91. The third-order valence-electron chi connectivity index (χ3n) is 6.81. The van der Waals surface area contributed by atoms with Gasteiger partial charge in [0.1, 0.15) is 6.04 Å². The second kappa shape index (κ2) is 15.0. The second-order valence-corrected chi connectivity index (χ2v) is 10.1. The van der Waals surface area contributed by atoms with Crippen LogP contribution in [0.25, 0.3) is 0 Å². The van der Waals surface area contributed by atoms with Crippen molar-refractivity contribution in [1.29, 1.82) is 0 Å². The van der Waals surface area contributed by atoms with E-state index >= 15 is 0 Å². The molecule has 2 amide bonds. The number of hydrogen-bond acceptors (Lipinski definition) is 4. The number of carbonyl (C=O) groups is 2. The fourth-order valence-corrected chi connectivity index (χ4v) is 4.94. The monoisotopic (exact) mass is 514 g/mol. The number of aryl methyl sites for hydroxylation is 1. The van der Waals surface area contributed by atoms with Crippen LogP contribution in [0, 0.1) is 6.92 Å². The summed E-state index contributed by atoms with van der Waals surface area (Å²) in [5.41, 5.74) is 4.34. The summed E-state index contributed by atoms with van der Waals surface area (Å²) < 4.78 is 0. The molecule has 1 aromatic heterocycles. The Morgan fingerprint density at radius 2 is 1.92 bits per heavy atom. The first-order valence-electron chi connectivity index (χ1n) is 13.7. The van der Waals surface area contributed by atoms with Crippen molar-refractivity contribution in [3.05, 3.63) is 102 Å². The predicted octanol–water partition coefficient (Wildman–Crippen LogP) is 5.58. The lowest BCUT2D eigenvalue weighted by Gasteiger charge is -2.35. The molecule has 6 nitrogen and oxygen atoms in total. The molecule has 1 unspecified atom stereocenters. The molecule has 1 fully saturated rings. The van der Waals surface area contributed by atoms with E-state index < -0.39 is 6.04 Å². The van der Waals surface area contributed by atoms with Crippen molar-refractivity contribution in [3.8, 4) is 0 Å². The Labute approximate surface area is 227 Å². The molecule has 0 saturated heterocycles. The largest absolute Gasteiger partial charge is 0.351 e. The minimum Gasteiger partial charge on any atom is -0.351 e. The molecule has 2 aromatic rings. The molecule has 1 aliphatic rings. The standard InChI is InChI=1S/C32H42N4O2/c1-5-12-28(21-24(2)3)36(30(37)23-34-20-18-26-14-11-19-33-22-26)31(29-17-10-9-13-25(29)4)32(38)35-27-15-7-6-8-16-27/h5,9-14,17,19,21-22,27,31,34H,2,6-8,15-16,18,20,23H2,1,3-4H3,(H,35,38). The van der Waals surface area contributed by atoms with Gasteiger partial charge in [-0.25, -0.2) is 0 Å². The second-order valence-electron chi connectivity index (χ2n) is 10.1. The van der Waals surface area contributed by atoms with Gasteiger partial charge in [-0.05, 0) is 81.5 Å². The van der Waals surface area contributed by atoms with Crippen LogP contribution >= 0.6 is 0 Å². The number of pyridine rings is 1. The van der Waals surface area contributed by atoms with Crippen molar-refractivity contribution in [2.45, 2.75) is 71.4 Å². The SMILES string of the molecule is C=C(C)C=C(C=CC)N(C(=O)CNCCc1cccnc1)C(C(=O)NC1CCCCC1)c1ccccc1C. The number of aromatic nitrogens is 1. The van der Waals surface area contributed by atoms with Gasteiger partial charge >= 0.3 is 0 Å². The number of nitrogens with zero attached hydrogens (tertiary/aromatic N) is 2. The summed E-state index contributed by atoms with van der Waals surface area (Å²) in [4.78, 5) is 33.8. The zero-order valence-corrected chi connectivity index (χ0v) is 23.1. The lowest BCUT2D eigenvalue weighted by molar-refractivity contribution is -0.138. The molecule has 1 atom stereocenters. The Balaban J connectivity index is 1.94. The van der Waals surface area contributed by atoms with Gasteiger partial charge in [0.15, 0.2) is 0 Å². The van der Waals surface area contributed by atoms with Crippen LogP contribution in [0.5, 0.6) is 0 Å². The molecule has 0 radical (unpaired) electrons. The molecule has 1 heterocycles. The minimum absolute atomic E-state index is 0.102. The summed E-state index contributed by atoms with van der Waals surface area (Å²) in [5, 5.41) is 6.57. The van der Waals surface area contributed by atoms with Gasteiger partial charge < -0.3 is 10.6 Å². The van der Waals surface area contributed by atoms with E-state index in [1.807, 2.05) is 81.6 Å². The van der Waals surface area contributed by atoms with E-state index in [0.29, 0.717) is 12.2 Å². The van der Waals surface area contributed by atoms with Crippen molar-refractivity contribution in [1.82, 2.24) is 20.5 Å². The summed E-state index contributed by atoms with van der Waals surface area (Å²) in [6, 6.07) is 11.1. The third-order valence-corrected chi connectivity index (χ3v) is 6.81. The van der Waals surface area contributed by atoms with Crippen LogP contribution in [-0.2, 0) is 16.0 Å². The minimum atomic E-state index is -0.799. The van der Waals surface area contributed by atoms with E-state index in [0.717, 1.165) is 54.4 Å². The fraction of sp³-hybridized carbons (Fsp3) is 0.406. The van der Waals surface area contributed by atoms with Gasteiger partial charge in [-0.3, -0.25) is 19.5 Å². The van der Waals surface area contributed by atoms with Crippen LogP contribution in [-0.4, -0.2) is 40.8 Å². The maximum Gasteiger partial charge on any atom is 0.248 e. The molecule has 6 heteroatoms. The molecule has 0 aliphatic heterocycles. The van der Waals surface area contributed by atoms with Crippen molar-refractivity contribution in [3.63, 3.8) is 0 Å². The zero-order valence-electron chi connectivity index (χ0n) is 23.1. The lowest BCUT2D eigenvalue weighted by Crippen LogP contribution is -2.48. The fourth-order valence-electron chi connectivity index (χ4n) is 4.94. The highest BCUT2D eigenvalue weighted by Crippen LogP contribution is 2.30. The van der Waals surface area contributed by atoms with Crippen molar-refractivity contribution in [2.24, 2.45) is 0 Å². The Morgan fingerprint density at radius 1 is 1.16 bits per heavy atom.